The van der Waals surface area contributed by atoms with Crippen LogP contribution in [0.1, 0.15) is 28.4 Å². The molecule has 0 aliphatic rings. The van der Waals surface area contributed by atoms with E-state index < -0.39 is 0 Å². The van der Waals surface area contributed by atoms with Crippen LogP contribution in [0, 0.1) is 18.3 Å². The predicted molar refractivity (Wildman–Crippen MR) is 107 cm³/mol. The summed E-state index contributed by atoms with van der Waals surface area (Å²) in [6.45, 7) is 4.82. The molecule has 5 nitrogen and oxygen atoms in total. The van der Waals surface area contributed by atoms with Crippen LogP contribution in [0.5, 0.6) is 0 Å². The molecule has 0 saturated carbocycles. The van der Waals surface area contributed by atoms with Crippen LogP contribution in [0.25, 0.3) is 0 Å². The highest BCUT2D eigenvalue weighted by Gasteiger charge is 2.13. The summed E-state index contributed by atoms with van der Waals surface area (Å²) >= 11 is 0. The van der Waals surface area contributed by atoms with Crippen molar-refractivity contribution in [3.8, 4) is 6.07 Å². The van der Waals surface area contributed by atoms with E-state index in [1.807, 2.05) is 32.0 Å². The van der Waals surface area contributed by atoms with Crippen molar-refractivity contribution in [2.75, 3.05) is 16.8 Å². The largest absolute Gasteiger partial charge is 0.327 e. The molecule has 0 atom stereocenters. The molecule has 0 unspecified atom stereocenters. The second kappa shape index (κ2) is 8.15. The summed E-state index contributed by atoms with van der Waals surface area (Å²) in [5, 5.41) is 11.8. The number of nitrogens with one attached hydrogen (secondary N) is 1. The van der Waals surface area contributed by atoms with E-state index in [9.17, 15) is 4.79 Å². The zero-order chi connectivity index (χ0) is 19.2. The second-order valence-electron chi connectivity index (χ2n) is 6.13. The van der Waals surface area contributed by atoms with Gasteiger partial charge in [0.15, 0.2) is 0 Å². The average Bonchev–Trinajstić information content (AvgIpc) is 2.69. The van der Waals surface area contributed by atoms with Gasteiger partial charge in [-0.1, -0.05) is 18.2 Å². The van der Waals surface area contributed by atoms with Gasteiger partial charge in [0.25, 0.3) is 5.91 Å². The zero-order valence-electron chi connectivity index (χ0n) is 15.3. The van der Waals surface area contributed by atoms with Crippen molar-refractivity contribution in [3.63, 3.8) is 0 Å². The number of nitrogens with zero attached hydrogens (tertiary/aromatic N) is 3. The third-order valence-electron chi connectivity index (χ3n) is 4.16. The Morgan fingerprint density at radius 3 is 2.70 bits per heavy atom. The van der Waals surface area contributed by atoms with E-state index in [1.165, 1.54) is 0 Å². The number of rotatable bonds is 5. The second-order valence-corrected chi connectivity index (χ2v) is 6.13. The van der Waals surface area contributed by atoms with Crippen molar-refractivity contribution in [1.82, 2.24) is 4.98 Å². The lowest BCUT2D eigenvalue weighted by atomic mass is 10.2. The Labute approximate surface area is 158 Å². The van der Waals surface area contributed by atoms with E-state index in [4.69, 9.17) is 5.26 Å². The summed E-state index contributed by atoms with van der Waals surface area (Å²) in [4.78, 5) is 19.1. The molecule has 134 valence electrons. The predicted octanol–water partition coefficient (Wildman–Crippen LogP) is 4.67. The van der Waals surface area contributed by atoms with Gasteiger partial charge in [-0.3, -0.25) is 4.79 Å². The minimum absolute atomic E-state index is 0.242. The van der Waals surface area contributed by atoms with Gasteiger partial charge in [-0.25, -0.2) is 4.98 Å². The lowest BCUT2D eigenvalue weighted by molar-refractivity contribution is 0.102. The number of aromatic nitrogens is 1. The summed E-state index contributed by atoms with van der Waals surface area (Å²) in [5.74, 6) is 0.468. The smallest absolute Gasteiger partial charge is 0.255 e. The number of hydrogen-bond acceptors (Lipinski definition) is 4. The lowest BCUT2D eigenvalue weighted by Crippen LogP contribution is -2.19. The summed E-state index contributed by atoms with van der Waals surface area (Å²) in [6.07, 6.45) is 1.63. The third-order valence-corrected chi connectivity index (χ3v) is 4.16. The number of aryl methyl sites for hydroxylation is 1. The Bertz CT molecular complexity index is 1010. The Morgan fingerprint density at radius 2 is 1.96 bits per heavy atom. The van der Waals surface area contributed by atoms with E-state index >= 15 is 0 Å². The van der Waals surface area contributed by atoms with Gasteiger partial charge < -0.3 is 10.2 Å². The molecule has 0 radical (unpaired) electrons. The molecule has 0 spiro atoms. The molecule has 3 rings (SSSR count). The number of nitriles is 1. The number of hydrogen-bond donors (Lipinski definition) is 1. The lowest BCUT2D eigenvalue weighted by Gasteiger charge is -2.23. The van der Waals surface area contributed by atoms with Crippen molar-refractivity contribution < 1.29 is 4.79 Å². The van der Waals surface area contributed by atoms with Crippen LogP contribution in [0.15, 0.2) is 66.9 Å². The van der Waals surface area contributed by atoms with E-state index in [1.54, 1.807) is 42.6 Å². The Balaban J connectivity index is 1.85. The SMILES string of the molecule is CCN(c1cccc(C)c1)c1cc(C(=O)Nc2cccc(C#N)c2)ccn1. The summed E-state index contributed by atoms with van der Waals surface area (Å²) in [7, 11) is 0. The highest BCUT2D eigenvalue weighted by atomic mass is 16.1. The summed E-state index contributed by atoms with van der Waals surface area (Å²) in [6, 6.07) is 20.5. The molecular weight excluding hydrogens is 336 g/mol. The molecule has 0 aliphatic heterocycles. The van der Waals surface area contributed by atoms with Gasteiger partial charge in [0, 0.05) is 29.7 Å². The number of carbonyl (C=O) groups is 1. The van der Waals surface area contributed by atoms with E-state index in [-0.39, 0.29) is 5.91 Å². The van der Waals surface area contributed by atoms with Crippen LogP contribution in [0.4, 0.5) is 17.2 Å². The van der Waals surface area contributed by atoms with E-state index in [0.29, 0.717) is 22.6 Å². The Hall–Kier alpha value is -3.65. The van der Waals surface area contributed by atoms with Crippen molar-refractivity contribution in [2.45, 2.75) is 13.8 Å². The fourth-order valence-electron chi connectivity index (χ4n) is 2.85. The maximum Gasteiger partial charge on any atom is 0.255 e. The van der Waals surface area contributed by atoms with Crippen LogP contribution >= 0.6 is 0 Å². The molecule has 1 N–H and O–H groups in total. The molecule has 0 fully saturated rings. The van der Waals surface area contributed by atoms with Crippen LogP contribution in [-0.2, 0) is 0 Å². The number of pyridine rings is 1. The molecule has 2 aromatic carbocycles. The minimum Gasteiger partial charge on any atom is -0.327 e. The number of benzene rings is 2. The molecule has 1 amide bonds. The average molecular weight is 356 g/mol. The van der Waals surface area contributed by atoms with Crippen molar-refractivity contribution in [1.29, 1.82) is 5.26 Å². The third kappa shape index (κ3) is 4.31. The van der Waals surface area contributed by atoms with Crippen molar-refractivity contribution in [3.05, 3.63) is 83.6 Å². The fraction of sp³-hybridized carbons (Fsp3) is 0.136. The van der Waals surface area contributed by atoms with Gasteiger partial charge in [-0.15, -0.1) is 0 Å². The molecule has 3 aromatic rings. The van der Waals surface area contributed by atoms with Gasteiger partial charge in [0.2, 0.25) is 0 Å². The van der Waals surface area contributed by atoms with Crippen LogP contribution in [0.2, 0.25) is 0 Å². The first-order valence-electron chi connectivity index (χ1n) is 8.72. The highest BCUT2D eigenvalue weighted by Crippen LogP contribution is 2.25. The molecule has 27 heavy (non-hydrogen) atoms. The van der Waals surface area contributed by atoms with Gasteiger partial charge in [-0.2, -0.15) is 5.26 Å². The molecular formula is C22H20N4O. The molecule has 5 heteroatoms. The van der Waals surface area contributed by atoms with Gasteiger partial charge >= 0.3 is 0 Å². The Kier molecular flexibility index (Phi) is 5.48. The quantitative estimate of drug-likeness (QED) is 0.721. The fourth-order valence-corrected chi connectivity index (χ4v) is 2.85. The van der Waals surface area contributed by atoms with Crippen LogP contribution in [0.3, 0.4) is 0 Å². The highest BCUT2D eigenvalue weighted by molar-refractivity contribution is 6.04. The number of anilines is 3. The Morgan fingerprint density at radius 1 is 1.15 bits per heavy atom. The van der Waals surface area contributed by atoms with Gasteiger partial charge in [-0.05, 0) is 61.9 Å². The first-order valence-corrected chi connectivity index (χ1v) is 8.72. The molecule has 0 aliphatic carbocycles. The van der Waals surface area contributed by atoms with Crippen LogP contribution < -0.4 is 10.2 Å². The van der Waals surface area contributed by atoms with Crippen LogP contribution in [-0.4, -0.2) is 17.4 Å². The first-order chi connectivity index (χ1) is 13.1. The topological polar surface area (TPSA) is 69.0 Å². The maximum absolute atomic E-state index is 12.6. The summed E-state index contributed by atoms with van der Waals surface area (Å²) in [5.41, 5.74) is 3.79. The summed E-state index contributed by atoms with van der Waals surface area (Å²) < 4.78 is 0. The molecule has 1 aromatic heterocycles. The van der Waals surface area contributed by atoms with Crippen molar-refractivity contribution in [2.24, 2.45) is 0 Å². The molecule has 0 saturated heterocycles. The zero-order valence-corrected chi connectivity index (χ0v) is 15.3. The number of carbonyl (C=O) groups excluding carboxylic acids is 1. The standard InChI is InChI=1S/C22H20N4O/c1-3-26(20-9-4-6-16(2)12-20)21-14-18(10-11-24-21)22(27)25-19-8-5-7-17(13-19)15-23/h4-14H,3H2,1-2H3,(H,25,27). The minimum atomic E-state index is -0.242. The number of amides is 1. The van der Waals surface area contributed by atoms with Crippen molar-refractivity contribution >= 4 is 23.1 Å². The van der Waals surface area contributed by atoms with E-state index in [2.05, 4.69) is 27.3 Å². The van der Waals surface area contributed by atoms with E-state index in [0.717, 1.165) is 17.8 Å². The maximum atomic E-state index is 12.6. The molecule has 1 heterocycles. The monoisotopic (exact) mass is 356 g/mol. The molecule has 0 bridgehead atoms. The normalized spacial score (nSPS) is 10.1. The van der Waals surface area contributed by atoms with Gasteiger partial charge in [0.1, 0.15) is 5.82 Å². The first kappa shape index (κ1) is 18.2. The van der Waals surface area contributed by atoms with Gasteiger partial charge in [0.05, 0.1) is 11.6 Å².